The van der Waals surface area contributed by atoms with Gasteiger partial charge in [0.05, 0.1) is 0 Å². The average molecular weight is 263 g/mol. The normalized spacial score (nSPS) is 14.6. The van der Waals surface area contributed by atoms with Crippen molar-refractivity contribution in [2.24, 2.45) is 0 Å². The Morgan fingerprint density at radius 3 is 2.89 bits per heavy atom. The molecular weight excluding hydrogens is 253 g/mol. The van der Waals surface area contributed by atoms with Gasteiger partial charge in [0.2, 0.25) is 0 Å². The molecule has 1 heterocycles. The van der Waals surface area contributed by atoms with Crippen molar-refractivity contribution < 1.29 is 14.3 Å². The highest BCUT2D eigenvalue weighted by atomic mass is 32.1. The van der Waals surface area contributed by atoms with E-state index in [0.29, 0.717) is 22.7 Å². The molecule has 3 nitrogen and oxygen atoms in total. The van der Waals surface area contributed by atoms with Crippen molar-refractivity contribution in [1.29, 1.82) is 0 Å². The Bertz CT molecular complexity index is 636. The van der Waals surface area contributed by atoms with Gasteiger partial charge in [-0.15, -0.1) is 11.3 Å². The molecule has 0 atom stereocenters. The predicted molar refractivity (Wildman–Crippen MR) is 66.4 cm³/mol. The number of aryl methyl sites for hydroxylation is 1. The van der Waals surface area contributed by atoms with Crippen LogP contribution in [0.15, 0.2) is 18.2 Å². The minimum atomic E-state index is -0.674. The van der Waals surface area contributed by atoms with E-state index in [2.05, 4.69) is 4.98 Å². The molecule has 0 amide bonds. The maximum Gasteiger partial charge on any atom is 0.182 e. The van der Waals surface area contributed by atoms with Gasteiger partial charge in [-0.25, -0.2) is 9.37 Å². The molecule has 3 rings (SSSR count). The summed E-state index contributed by atoms with van der Waals surface area (Å²) < 4.78 is 13.3. The minimum Gasteiger partial charge on any atom is -0.505 e. The number of thiazole rings is 1. The molecule has 0 unspecified atom stereocenters. The van der Waals surface area contributed by atoms with Gasteiger partial charge in [-0.3, -0.25) is 4.79 Å². The van der Waals surface area contributed by atoms with Crippen molar-refractivity contribution in [1.82, 2.24) is 4.98 Å². The molecule has 0 radical (unpaired) electrons. The summed E-state index contributed by atoms with van der Waals surface area (Å²) in [5, 5.41) is 9.78. The first-order valence-corrected chi connectivity index (χ1v) is 6.48. The van der Waals surface area contributed by atoms with Crippen molar-refractivity contribution in [2.75, 3.05) is 0 Å². The number of phenols is 1. The summed E-state index contributed by atoms with van der Waals surface area (Å²) in [6.45, 7) is 0. The van der Waals surface area contributed by atoms with Crippen LogP contribution in [0.5, 0.6) is 5.75 Å². The van der Waals surface area contributed by atoms with Crippen LogP contribution in [-0.2, 0) is 6.42 Å². The number of carbonyl (C=O) groups excluding carboxylic acids is 1. The maximum absolute atomic E-state index is 13.3. The smallest absolute Gasteiger partial charge is 0.182 e. The van der Waals surface area contributed by atoms with E-state index in [1.165, 1.54) is 23.5 Å². The summed E-state index contributed by atoms with van der Waals surface area (Å²) in [6.07, 6.45) is 2.26. The number of aromatic hydroxyl groups is 1. The molecule has 0 saturated heterocycles. The number of phenolic OH excluding ortho intramolecular Hbond substituents is 1. The molecule has 0 bridgehead atoms. The van der Waals surface area contributed by atoms with Crippen molar-refractivity contribution in [2.45, 2.75) is 19.3 Å². The molecule has 0 aliphatic heterocycles. The fourth-order valence-electron chi connectivity index (χ4n) is 2.03. The molecule has 18 heavy (non-hydrogen) atoms. The molecule has 0 spiro atoms. The summed E-state index contributed by atoms with van der Waals surface area (Å²) in [6, 6.07) is 4.14. The second-order valence-corrected chi connectivity index (χ2v) is 5.32. The monoisotopic (exact) mass is 263 g/mol. The van der Waals surface area contributed by atoms with Gasteiger partial charge in [-0.2, -0.15) is 0 Å². The Kier molecular flexibility index (Phi) is 2.63. The predicted octanol–water partition coefficient (Wildman–Crippen LogP) is 3.17. The number of carbonyl (C=O) groups is 1. The Labute approximate surface area is 107 Å². The van der Waals surface area contributed by atoms with Gasteiger partial charge in [0.25, 0.3) is 0 Å². The van der Waals surface area contributed by atoms with E-state index in [4.69, 9.17) is 5.11 Å². The Balaban J connectivity index is 2.07. The van der Waals surface area contributed by atoms with E-state index in [9.17, 15) is 9.18 Å². The van der Waals surface area contributed by atoms with Crippen LogP contribution in [-0.4, -0.2) is 15.9 Å². The number of benzene rings is 1. The fourth-order valence-corrected chi connectivity index (χ4v) is 3.15. The number of hydrogen-bond donors (Lipinski definition) is 1. The van der Waals surface area contributed by atoms with Gasteiger partial charge < -0.3 is 5.11 Å². The van der Waals surface area contributed by atoms with E-state index in [1.807, 2.05) is 0 Å². The van der Waals surface area contributed by atoms with E-state index < -0.39 is 5.82 Å². The second kappa shape index (κ2) is 4.17. The third kappa shape index (κ3) is 1.80. The third-order valence-electron chi connectivity index (χ3n) is 2.96. The first-order valence-electron chi connectivity index (χ1n) is 5.67. The molecule has 2 aromatic rings. The van der Waals surface area contributed by atoms with Crippen LogP contribution >= 0.6 is 11.3 Å². The number of hydrogen-bond acceptors (Lipinski definition) is 4. The number of Topliss-reactive ketones (excluding diaryl/α,β-unsaturated/α-hetero) is 1. The molecule has 1 aromatic heterocycles. The van der Waals surface area contributed by atoms with Crippen LogP contribution < -0.4 is 0 Å². The lowest BCUT2D eigenvalue weighted by Crippen LogP contribution is -2.08. The van der Waals surface area contributed by atoms with Gasteiger partial charge >= 0.3 is 0 Å². The first kappa shape index (κ1) is 11.3. The first-order chi connectivity index (χ1) is 8.65. The third-order valence-corrected chi connectivity index (χ3v) is 4.13. The Morgan fingerprint density at radius 2 is 2.17 bits per heavy atom. The number of fused-ring (bicyclic) bond motifs is 1. The quantitative estimate of drug-likeness (QED) is 0.859. The Morgan fingerprint density at radius 1 is 1.33 bits per heavy atom. The zero-order chi connectivity index (χ0) is 12.7. The van der Waals surface area contributed by atoms with Crippen LogP contribution in [0.4, 0.5) is 4.39 Å². The second-order valence-electron chi connectivity index (χ2n) is 4.23. The summed E-state index contributed by atoms with van der Waals surface area (Å²) in [4.78, 5) is 17.0. The minimum absolute atomic E-state index is 0.0676. The van der Waals surface area contributed by atoms with Gasteiger partial charge in [-0.05, 0) is 31.0 Å². The van der Waals surface area contributed by atoms with Crippen molar-refractivity contribution in [3.05, 3.63) is 34.6 Å². The molecule has 0 saturated carbocycles. The number of ketones is 1. The number of nitrogens with zero attached hydrogens (tertiary/aromatic N) is 1. The van der Waals surface area contributed by atoms with E-state index in [0.717, 1.165) is 17.7 Å². The highest BCUT2D eigenvalue weighted by Crippen LogP contribution is 2.33. The van der Waals surface area contributed by atoms with Crippen LogP contribution in [0.3, 0.4) is 0 Å². The molecule has 1 N–H and O–H groups in total. The number of aromatic nitrogens is 1. The van der Waals surface area contributed by atoms with Crippen LogP contribution in [0, 0.1) is 5.82 Å². The zero-order valence-electron chi connectivity index (χ0n) is 9.44. The van der Waals surface area contributed by atoms with Crippen LogP contribution in [0.1, 0.15) is 28.2 Å². The van der Waals surface area contributed by atoms with E-state index in [-0.39, 0.29) is 11.5 Å². The fraction of sp³-hybridized carbons (Fsp3) is 0.231. The SMILES string of the molecule is O=C1CCCc2sc(-c3ccc(O)c(F)c3)nc21. The van der Waals surface area contributed by atoms with E-state index >= 15 is 0 Å². The molecule has 1 aliphatic rings. The molecule has 92 valence electrons. The highest BCUT2D eigenvalue weighted by molar-refractivity contribution is 7.15. The lowest BCUT2D eigenvalue weighted by Gasteiger charge is -2.06. The number of halogens is 1. The lowest BCUT2D eigenvalue weighted by atomic mass is 10.0. The molecule has 0 fully saturated rings. The topological polar surface area (TPSA) is 50.2 Å². The van der Waals surface area contributed by atoms with Gasteiger partial charge in [-0.1, -0.05) is 0 Å². The van der Waals surface area contributed by atoms with Crippen LogP contribution in [0.25, 0.3) is 10.6 Å². The highest BCUT2D eigenvalue weighted by Gasteiger charge is 2.22. The molecule has 1 aliphatic carbocycles. The summed E-state index contributed by atoms with van der Waals surface area (Å²) in [5.74, 6) is -0.985. The lowest BCUT2D eigenvalue weighted by molar-refractivity contribution is 0.0968. The number of rotatable bonds is 1. The van der Waals surface area contributed by atoms with Crippen molar-refractivity contribution in [3.63, 3.8) is 0 Å². The largest absolute Gasteiger partial charge is 0.505 e. The summed E-state index contributed by atoms with van der Waals surface area (Å²) in [5.41, 5.74) is 1.13. The zero-order valence-corrected chi connectivity index (χ0v) is 10.3. The van der Waals surface area contributed by atoms with Gasteiger partial charge in [0, 0.05) is 16.9 Å². The molecular formula is C13H10FNO2S. The summed E-state index contributed by atoms with van der Waals surface area (Å²) >= 11 is 1.43. The molecule has 5 heteroatoms. The molecule has 1 aromatic carbocycles. The van der Waals surface area contributed by atoms with E-state index in [1.54, 1.807) is 6.07 Å². The van der Waals surface area contributed by atoms with Crippen molar-refractivity contribution in [3.8, 4) is 16.3 Å². The van der Waals surface area contributed by atoms with Crippen molar-refractivity contribution >= 4 is 17.1 Å². The van der Waals surface area contributed by atoms with Gasteiger partial charge in [0.15, 0.2) is 17.3 Å². The standard InChI is InChI=1S/C13H10FNO2S/c14-8-6-7(4-5-9(8)16)13-15-12-10(17)2-1-3-11(12)18-13/h4-6,16H,1-3H2. The summed E-state index contributed by atoms with van der Waals surface area (Å²) in [7, 11) is 0. The maximum atomic E-state index is 13.3. The average Bonchev–Trinajstić information content (AvgIpc) is 2.78. The Hall–Kier alpha value is -1.75. The van der Waals surface area contributed by atoms with Gasteiger partial charge in [0.1, 0.15) is 10.7 Å². The van der Waals surface area contributed by atoms with Crippen LogP contribution in [0.2, 0.25) is 0 Å².